The van der Waals surface area contributed by atoms with E-state index in [-0.39, 0.29) is 6.61 Å². The fraction of sp³-hybridized carbons (Fsp3) is 0.500. The molecule has 4 nitrogen and oxygen atoms in total. The number of β-amino-alcohol motifs (C(OH)–C–C–N with tert-alkyl or cyclic N) is 1. The number of aliphatic hydroxyl groups excluding tert-OH is 1. The van der Waals surface area contributed by atoms with E-state index in [1.165, 1.54) is 11.1 Å². The second kappa shape index (κ2) is 7.59. The first-order valence-corrected chi connectivity index (χ1v) is 10.7. The smallest absolute Gasteiger partial charge is 0.257 e. The molecule has 0 amide bonds. The van der Waals surface area contributed by atoms with E-state index in [1.54, 1.807) is 0 Å². The first-order valence-electron chi connectivity index (χ1n) is 10.7. The number of rotatable bonds is 6. The maximum absolute atomic E-state index is 13.3. The van der Waals surface area contributed by atoms with Crippen LogP contribution in [-0.4, -0.2) is 73.3 Å². The summed E-state index contributed by atoms with van der Waals surface area (Å²) < 4.78 is 32.3. The van der Waals surface area contributed by atoms with Crippen molar-refractivity contribution in [1.82, 2.24) is 9.80 Å². The zero-order chi connectivity index (χ0) is 20.9. The molecule has 6 heteroatoms. The van der Waals surface area contributed by atoms with Crippen LogP contribution in [0.5, 0.6) is 5.75 Å². The average Bonchev–Trinajstić information content (AvgIpc) is 3.05. The van der Waals surface area contributed by atoms with Crippen molar-refractivity contribution in [3.8, 4) is 5.75 Å². The molecule has 2 heterocycles. The summed E-state index contributed by atoms with van der Waals surface area (Å²) in [6.07, 6.45) is 2.68. The molecular formula is C24H28F2N2O2. The van der Waals surface area contributed by atoms with E-state index < -0.39 is 23.9 Å². The number of alkyl halides is 2. The number of halogens is 2. The van der Waals surface area contributed by atoms with E-state index in [0.717, 1.165) is 30.3 Å². The van der Waals surface area contributed by atoms with E-state index in [0.29, 0.717) is 25.4 Å². The molecule has 2 fully saturated rings. The molecule has 3 aliphatic rings. The number of hydrogen-bond acceptors (Lipinski definition) is 4. The lowest BCUT2D eigenvalue weighted by Crippen LogP contribution is -2.37. The second-order valence-electron chi connectivity index (χ2n) is 9.04. The van der Waals surface area contributed by atoms with Gasteiger partial charge in [-0.15, -0.1) is 0 Å². The third-order valence-corrected chi connectivity index (χ3v) is 6.78. The monoisotopic (exact) mass is 414 g/mol. The number of fused-ring (bicyclic) bond motifs is 2. The topological polar surface area (TPSA) is 35.9 Å². The van der Waals surface area contributed by atoms with Crippen LogP contribution in [0.3, 0.4) is 0 Å². The predicted octanol–water partition coefficient (Wildman–Crippen LogP) is 3.50. The molecule has 2 aromatic carbocycles. The lowest BCUT2D eigenvalue weighted by Gasteiger charge is -2.23. The minimum atomic E-state index is -2.48. The number of ether oxygens (including phenoxy) is 1. The molecule has 1 N–H and O–H groups in total. The Morgan fingerprint density at radius 3 is 2.60 bits per heavy atom. The third-order valence-electron chi connectivity index (χ3n) is 6.78. The number of nitrogens with zero attached hydrogens (tertiary/aromatic N) is 2. The van der Waals surface area contributed by atoms with Gasteiger partial charge in [-0.1, -0.05) is 24.3 Å². The molecule has 0 bridgehead atoms. The Labute approximate surface area is 175 Å². The lowest BCUT2D eigenvalue weighted by molar-refractivity contribution is 0.0302. The summed E-state index contributed by atoms with van der Waals surface area (Å²) in [5.41, 5.74) is 2.67. The van der Waals surface area contributed by atoms with Crippen molar-refractivity contribution in [2.24, 2.45) is 11.8 Å². The quantitative estimate of drug-likeness (QED) is 0.785. The van der Waals surface area contributed by atoms with Gasteiger partial charge in [0.15, 0.2) is 0 Å². The van der Waals surface area contributed by atoms with Crippen LogP contribution in [0.25, 0.3) is 16.3 Å². The molecule has 2 aliphatic heterocycles. The fourth-order valence-electron chi connectivity index (χ4n) is 4.83. The van der Waals surface area contributed by atoms with Crippen LogP contribution in [0, 0.1) is 11.8 Å². The van der Waals surface area contributed by atoms with Gasteiger partial charge in [0.25, 0.3) is 5.92 Å². The van der Waals surface area contributed by atoms with Crippen LogP contribution in [0.15, 0.2) is 42.5 Å². The lowest BCUT2D eigenvalue weighted by atomic mass is 9.97. The van der Waals surface area contributed by atoms with Crippen molar-refractivity contribution in [2.45, 2.75) is 18.4 Å². The summed E-state index contributed by atoms with van der Waals surface area (Å²) in [7, 11) is 2.14. The van der Waals surface area contributed by atoms with Crippen molar-refractivity contribution in [1.29, 1.82) is 0 Å². The standard InChI is InChI=1S/C24H28F2N2O2/c1-27-8-6-16(7-9-27)17-2-3-19-11-21(5-4-18(19)10-17)30-15-20(29)12-28-13-22-23(14-28)24(22,25)26/h2-6,10-11,20,22-23,29H,7-9,12-15H2,1H3. The number of likely N-dealkylation sites (tertiary alicyclic amines) is 1. The molecule has 1 aliphatic carbocycles. The number of benzene rings is 2. The Bertz CT molecular complexity index is 963. The van der Waals surface area contributed by atoms with E-state index in [1.807, 2.05) is 23.1 Å². The van der Waals surface area contributed by atoms with Crippen LogP contribution < -0.4 is 4.74 Å². The molecule has 30 heavy (non-hydrogen) atoms. The summed E-state index contributed by atoms with van der Waals surface area (Å²) in [5.74, 6) is -2.79. The predicted molar refractivity (Wildman–Crippen MR) is 114 cm³/mol. The molecule has 3 atom stereocenters. The number of hydrogen-bond donors (Lipinski definition) is 1. The highest BCUT2D eigenvalue weighted by molar-refractivity contribution is 5.87. The van der Waals surface area contributed by atoms with Gasteiger partial charge < -0.3 is 14.7 Å². The van der Waals surface area contributed by atoms with Crippen LogP contribution in [0.4, 0.5) is 8.78 Å². The zero-order valence-corrected chi connectivity index (χ0v) is 17.2. The Morgan fingerprint density at radius 1 is 1.13 bits per heavy atom. The molecule has 160 valence electrons. The van der Waals surface area contributed by atoms with Gasteiger partial charge in [0.1, 0.15) is 18.5 Å². The summed E-state index contributed by atoms with van der Waals surface area (Å²) in [5, 5.41) is 12.5. The number of likely N-dealkylation sites (N-methyl/N-ethyl adjacent to an activating group) is 1. The van der Waals surface area contributed by atoms with Crippen LogP contribution in [-0.2, 0) is 0 Å². The minimum Gasteiger partial charge on any atom is -0.491 e. The molecule has 2 aromatic rings. The first-order chi connectivity index (χ1) is 14.4. The van der Waals surface area contributed by atoms with Crippen molar-refractivity contribution in [3.63, 3.8) is 0 Å². The molecule has 1 saturated heterocycles. The number of aliphatic hydroxyl groups is 1. The number of piperidine rings is 1. The maximum atomic E-state index is 13.3. The van der Waals surface area contributed by atoms with Gasteiger partial charge >= 0.3 is 0 Å². The Kier molecular flexibility index (Phi) is 5.04. The van der Waals surface area contributed by atoms with Crippen molar-refractivity contribution in [3.05, 3.63) is 48.0 Å². The van der Waals surface area contributed by atoms with E-state index in [2.05, 4.69) is 36.2 Å². The van der Waals surface area contributed by atoms with Gasteiger partial charge in [-0.05, 0) is 53.6 Å². The summed E-state index contributed by atoms with van der Waals surface area (Å²) in [4.78, 5) is 4.23. The highest BCUT2D eigenvalue weighted by Gasteiger charge is 2.71. The fourth-order valence-corrected chi connectivity index (χ4v) is 4.83. The Morgan fingerprint density at radius 2 is 1.87 bits per heavy atom. The van der Waals surface area contributed by atoms with Gasteiger partial charge in [-0.3, -0.25) is 4.90 Å². The van der Waals surface area contributed by atoms with E-state index in [9.17, 15) is 13.9 Å². The van der Waals surface area contributed by atoms with E-state index >= 15 is 0 Å². The Hall–Kier alpha value is -2.02. The van der Waals surface area contributed by atoms with Gasteiger partial charge in [0, 0.05) is 44.6 Å². The second-order valence-corrected chi connectivity index (χ2v) is 9.04. The van der Waals surface area contributed by atoms with Gasteiger partial charge in [0.2, 0.25) is 0 Å². The SMILES string of the molecule is CN1CC=C(c2ccc3cc(OCC(O)CN4CC5C(C4)C5(F)F)ccc3c2)CC1. The van der Waals surface area contributed by atoms with E-state index in [4.69, 9.17) is 4.74 Å². The van der Waals surface area contributed by atoms with Crippen LogP contribution in [0.1, 0.15) is 12.0 Å². The van der Waals surface area contributed by atoms with Crippen molar-refractivity contribution >= 4 is 16.3 Å². The highest BCUT2D eigenvalue weighted by Crippen LogP contribution is 2.59. The Balaban J connectivity index is 1.17. The molecule has 0 spiro atoms. The van der Waals surface area contributed by atoms with Gasteiger partial charge in [-0.25, -0.2) is 8.78 Å². The van der Waals surface area contributed by atoms with Crippen molar-refractivity contribution < 1.29 is 18.6 Å². The first kappa shape index (κ1) is 19.9. The molecule has 3 unspecified atom stereocenters. The minimum absolute atomic E-state index is 0.159. The summed E-state index contributed by atoms with van der Waals surface area (Å²) in [6, 6.07) is 12.5. The van der Waals surface area contributed by atoms with Gasteiger partial charge in [0.05, 0.1) is 0 Å². The van der Waals surface area contributed by atoms with Crippen molar-refractivity contribution in [2.75, 3.05) is 46.4 Å². The average molecular weight is 414 g/mol. The maximum Gasteiger partial charge on any atom is 0.257 e. The third kappa shape index (κ3) is 3.84. The zero-order valence-electron chi connectivity index (χ0n) is 17.2. The molecule has 1 saturated carbocycles. The summed E-state index contributed by atoms with van der Waals surface area (Å²) >= 11 is 0. The normalized spacial score (nSPS) is 27.0. The molecule has 0 radical (unpaired) electrons. The van der Waals surface area contributed by atoms with Crippen LogP contribution in [0.2, 0.25) is 0 Å². The molecule has 0 aromatic heterocycles. The highest BCUT2D eigenvalue weighted by atomic mass is 19.3. The molecular weight excluding hydrogens is 386 g/mol. The van der Waals surface area contributed by atoms with Crippen LogP contribution >= 0.6 is 0 Å². The molecule has 5 rings (SSSR count). The van der Waals surface area contributed by atoms with Gasteiger partial charge in [-0.2, -0.15) is 0 Å². The largest absolute Gasteiger partial charge is 0.491 e. The summed E-state index contributed by atoms with van der Waals surface area (Å²) in [6.45, 7) is 3.36.